The second-order valence-electron chi connectivity index (χ2n) is 5.12. The highest BCUT2D eigenvalue weighted by Gasteiger charge is 2.16. The highest BCUT2D eigenvalue weighted by atomic mass is 16.4. The van der Waals surface area contributed by atoms with Crippen LogP contribution in [-0.2, 0) is 18.3 Å². The Morgan fingerprint density at radius 3 is 2.62 bits per heavy atom. The number of hydrogen-bond acceptors (Lipinski definition) is 4. The number of aliphatic carboxylic acids is 1. The number of carboxylic acids is 1. The number of aryl methyl sites for hydroxylation is 3. The Balaban J connectivity index is 2.57. The van der Waals surface area contributed by atoms with Crippen molar-refractivity contribution in [2.75, 3.05) is 18.0 Å². The van der Waals surface area contributed by atoms with E-state index in [4.69, 9.17) is 10.1 Å². The Hall–Kier alpha value is -2.11. The van der Waals surface area contributed by atoms with E-state index in [0.29, 0.717) is 6.42 Å². The third-order valence-electron chi connectivity index (χ3n) is 3.73. The fourth-order valence-corrected chi connectivity index (χ4v) is 2.60. The molecule has 0 aromatic carbocycles. The molecule has 2 rings (SSSR count). The van der Waals surface area contributed by atoms with E-state index in [-0.39, 0.29) is 6.42 Å². The minimum Gasteiger partial charge on any atom is -0.481 e. The zero-order valence-electron chi connectivity index (χ0n) is 13.1. The van der Waals surface area contributed by atoms with Gasteiger partial charge in [-0.25, -0.2) is 4.98 Å². The summed E-state index contributed by atoms with van der Waals surface area (Å²) in [5, 5.41) is 14.3. The first-order valence-electron chi connectivity index (χ1n) is 7.27. The van der Waals surface area contributed by atoms with Crippen molar-refractivity contribution in [2.24, 2.45) is 7.05 Å². The number of carboxylic acid groups (broad SMARTS) is 1. The van der Waals surface area contributed by atoms with Crippen molar-refractivity contribution in [2.45, 2.75) is 33.6 Å². The smallest absolute Gasteiger partial charge is 0.303 e. The van der Waals surface area contributed by atoms with Gasteiger partial charge in [-0.15, -0.1) is 0 Å². The van der Waals surface area contributed by atoms with E-state index in [1.54, 1.807) is 4.68 Å². The van der Waals surface area contributed by atoms with Crippen LogP contribution < -0.4 is 4.90 Å². The lowest BCUT2D eigenvalue weighted by Crippen LogP contribution is -2.24. The highest BCUT2D eigenvalue weighted by Crippen LogP contribution is 2.26. The molecule has 1 N–H and O–H groups in total. The van der Waals surface area contributed by atoms with E-state index in [1.165, 1.54) is 0 Å². The second kappa shape index (κ2) is 6.11. The minimum atomic E-state index is -0.788. The molecule has 0 radical (unpaired) electrons. The largest absolute Gasteiger partial charge is 0.481 e. The zero-order valence-corrected chi connectivity index (χ0v) is 13.1. The van der Waals surface area contributed by atoms with E-state index in [9.17, 15) is 4.79 Å². The Morgan fingerprint density at radius 2 is 2.05 bits per heavy atom. The maximum Gasteiger partial charge on any atom is 0.303 e. The molecule has 0 fully saturated rings. The monoisotopic (exact) mass is 290 g/mol. The topological polar surface area (TPSA) is 71.2 Å². The Morgan fingerprint density at radius 1 is 1.38 bits per heavy atom. The highest BCUT2D eigenvalue weighted by molar-refractivity contribution is 5.82. The molecule has 0 aliphatic carbocycles. The molecule has 0 unspecified atom stereocenters. The summed E-state index contributed by atoms with van der Waals surface area (Å²) < 4.78 is 1.78. The van der Waals surface area contributed by atoms with Gasteiger partial charge in [0.1, 0.15) is 5.82 Å². The molecule has 0 saturated carbocycles. The van der Waals surface area contributed by atoms with E-state index in [0.717, 1.165) is 41.2 Å². The van der Waals surface area contributed by atoms with Crippen LogP contribution in [0.5, 0.6) is 0 Å². The molecule has 2 aromatic rings. The third kappa shape index (κ3) is 2.99. The minimum absolute atomic E-state index is 0.112. The molecule has 114 valence electrons. The van der Waals surface area contributed by atoms with Gasteiger partial charge in [0.25, 0.3) is 0 Å². The lowest BCUT2D eigenvalue weighted by Gasteiger charge is -2.23. The maximum atomic E-state index is 10.9. The van der Waals surface area contributed by atoms with Crippen molar-refractivity contribution >= 4 is 22.8 Å². The lowest BCUT2D eigenvalue weighted by atomic mass is 10.1. The summed E-state index contributed by atoms with van der Waals surface area (Å²) in [7, 11) is 1.88. The molecule has 0 saturated heterocycles. The van der Waals surface area contributed by atoms with Gasteiger partial charge in [0, 0.05) is 31.9 Å². The normalized spacial score (nSPS) is 11.0. The van der Waals surface area contributed by atoms with Crippen molar-refractivity contribution in [3.8, 4) is 0 Å². The van der Waals surface area contributed by atoms with E-state index < -0.39 is 5.97 Å². The zero-order chi connectivity index (χ0) is 15.6. The van der Waals surface area contributed by atoms with Crippen molar-refractivity contribution in [3.05, 3.63) is 17.3 Å². The van der Waals surface area contributed by atoms with Crippen LogP contribution in [0.15, 0.2) is 6.07 Å². The van der Waals surface area contributed by atoms with Gasteiger partial charge in [-0.1, -0.05) is 0 Å². The molecule has 2 heterocycles. The average Bonchev–Trinajstić information content (AvgIpc) is 2.72. The van der Waals surface area contributed by atoms with Gasteiger partial charge in [-0.2, -0.15) is 5.10 Å². The molecular formula is C15H22N4O2. The molecular weight excluding hydrogens is 268 g/mol. The van der Waals surface area contributed by atoms with Crippen LogP contribution in [0, 0.1) is 6.92 Å². The number of anilines is 1. The van der Waals surface area contributed by atoms with Crippen molar-refractivity contribution in [1.82, 2.24) is 14.8 Å². The van der Waals surface area contributed by atoms with Crippen LogP contribution in [-0.4, -0.2) is 38.9 Å². The second-order valence-corrected chi connectivity index (χ2v) is 5.12. The van der Waals surface area contributed by atoms with Crippen molar-refractivity contribution in [3.63, 3.8) is 0 Å². The molecule has 6 heteroatoms. The van der Waals surface area contributed by atoms with E-state index >= 15 is 0 Å². The first-order chi connectivity index (χ1) is 9.97. The standard InChI is InChI=1S/C15H22N4O2/c1-5-19(6-2)14-11(7-8-13(20)21)9-12-10(3)17-18(4)15(12)16-14/h9H,5-8H2,1-4H3,(H,20,21). The van der Waals surface area contributed by atoms with Gasteiger partial charge in [0.05, 0.1) is 5.69 Å². The first-order valence-corrected chi connectivity index (χ1v) is 7.27. The molecule has 0 amide bonds. The summed E-state index contributed by atoms with van der Waals surface area (Å²) >= 11 is 0. The summed E-state index contributed by atoms with van der Waals surface area (Å²) in [5.41, 5.74) is 2.74. The molecule has 0 aliphatic rings. The lowest BCUT2D eigenvalue weighted by molar-refractivity contribution is -0.136. The molecule has 0 spiro atoms. The van der Waals surface area contributed by atoms with Gasteiger partial charge in [0.15, 0.2) is 5.65 Å². The summed E-state index contributed by atoms with van der Waals surface area (Å²) in [5.74, 6) is 0.0836. The molecule has 6 nitrogen and oxygen atoms in total. The molecule has 2 aromatic heterocycles. The Bertz CT molecular complexity index is 659. The number of fused-ring (bicyclic) bond motifs is 1. The summed E-state index contributed by atoms with van der Waals surface area (Å²) in [6, 6.07) is 2.04. The maximum absolute atomic E-state index is 10.9. The third-order valence-corrected chi connectivity index (χ3v) is 3.73. The SMILES string of the molecule is CCN(CC)c1nc2c(cc1CCC(=O)O)c(C)nn2C. The summed E-state index contributed by atoms with van der Waals surface area (Å²) in [6.07, 6.45) is 0.596. The number of aromatic nitrogens is 3. The molecule has 0 atom stereocenters. The first kappa shape index (κ1) is 15.3. The predicted octanol–water partition coefficient (Wildman–Crippen LogP) is 2.14. The van der Waals surface area contributed by atoms with Crippen molar-refractivity contribution < 1.29 is 9.90 Å². The fourth-order valence-electron chi connectivity index (χ4n) is 2.60. The van der Waals surface area contributed by atoms with Crippen LogP contribution in [0.4, 0.5) is 5.82 Å². The summed E-state index contributed by atoms with van der Waals surface area (Å²) in [6.45, 7) is 7.77. The van der Waals surface area contributed by atoms with E-state index in [1.807, 2.05) is 20.0 Å². The molecule has 0 bridgehead atoms. The van der Waals surface area contributed by atoms with Gasteiger partial charge >= 0.3 is 5.97 Å². The van der Waals surface area contributed by atoms with E-state index in [2.05, 4.69) is 23.8 Å². The van der Waals surface area contributed by atoms with Gasteiger partial charge in [-0.05, 0) is 38.8 Å². The quantitative estimate of drug-likeness (QED) is 0.882. The fraction of sp³-hybridized carbons (Fsp3) is 0.533. The van der Waals surface area contributed by atoms with Gasteiger partial charge in [0.2, 0.25) is 0 Å². The number of pyridine rings is 1. The average molecular weight is 290 g/mol. The Kier molecular flexibility index (Phi) is 4.45. The Labute approximate surface area is 124 Å². The van der Waals surface area contributed by atoms with Crippen LogP contribution in [0.1, 0.15) is 31.5 Å². The van der Waals surface area contributed by atoms with Crippen LogP contribution in [0.2, 0.25) is 0 Å². The predicted molar refractivity (Wildman–Crippen MR) is 82.8 cm³/mol. The number of rotatable bonds is 6. The van der Waals surface area contributed by atoms with Gasteiger partial charge in [-0.3, -0.25) is 9.48 Å². The number of hydrogen-bond donors (Lipinski definition) is 1. The van der Waals surface area contributed by atoms with Gasteiger partial charge < -0.3 is 10.0 Å². The van der Waals surface area contributed by atoms with Crippen LogP contribution >= 0.6 is 0 Å². The van der Waals surface area contributed by atoms with Crippen LogP contribution in [0.25, 0.3) is 11.0 Å². The molecule has 0 aliphatic heterocycles. The summed E-state index contributed by atoms with van der Waals surface area (Å²) in [4.78, 5) is 17.8. The number of carbonyl (C=O) groups is 1. The molecule has 21 heavy (non-hydrogen) atoms. The van der Waals surface area contributed by atoms with Crippen LogP contribution in [0.3, 0.4) is 0 Å². The van der Waals surface area contributed by atoms with Crippen molar-refractivity contribution in [1.29, 1.82) is 0 Å². The number of nitrogens with zero attached hydrogens (tertiary/aromatic N) is 4.